The summed E-state index contributed by atoms with van der Waals surface area (Å²) in [6.07, 6.45) is 2.17. The van der Waals surface area contributed by atoms with Gasteiger partial charge in [-0.05, 0) is 31.0 Å². The fourth-order valence-corrected chi connectivity index (χ4v) is 2.88. The van der Waals surface area contributed by atoms with E-state index < -0.39 is 0 Å². The van der Waals surface area contributed by atoms with Crippen molar-refractivity contribution in [3.63, 3.8) is 0 Å². The molecular formula is C14H20BrNO3. The van der Waals surface area contributed by atoms with Crippen molar-refractivity contribution >= 4 is 21.6 Å². The summed E-state index contributed by atoms with van der Waals surface area (Å²) in [5.41, 5.74) is 2.05. The Morgan fingerprint density at radius 3 is 2.63 bits per heavy atom. The van der Waals surface area contributed by atoms with Crippen molar-refractivity contribution in [2.45, 2.75) is 25.6 Å². The number of halogens is 1. The van der Waals surface area contributed by atoms with Gasteiger partial charge in [0.1, 0.15) is 0 Å². The van der Waals surface area contributed by atoms with Crippen molar-refractivity contribution in [1.29, 1.82) is 0 Å². The quantitative estimate of drug-likeness (QED) is 0.866. The van der Waals surface area contributed by atoms with Crippen LogP contribution in [0.3, 0.4) is 0 Å². The lowest BCUT2D eigenvalue weighted by molar-refractivity contribution is 0.0159. The summed E-state index contributed by atoms with van der Waals surface area (Å²) in [6.45, 7) is 2.40. The number of piperidine rings is 1. The number of ether oxygens (including phenoxy) is 1. The van der Waals surface area contributed by atoms with Gasteiger partial charge >= 0.3 is 0 Å². The predicted molar refractivity (Wildman–Crippen MR) is 78.3 cm³/mol. The first kappa shape index (κ1) is 14.8. The normalized spacial score (nSPS) is 16.9. The van der Waals surface area contributed by atoms with E-state index in [-0.39, 0.29) is 19.3 Å². The molecule has 1 saturated heterocycles. The number of benzene rings is 1. The van der Waals surface area contributed by atoms with Crippen molar-refractivity contribution in [2.75, 3.05) is 31.2 Å². The lowest BCUT2D eigenvalue weighted by Gasteiger charge is -2.34. The average molecular weight is 330 g/mol. The molecule has 1 fully saturated rings. The number of aliphatic hydroxyl groups excluding tert-OH is 2. The number of aliphatic hydroxyl groups is 2. The monoisotopic (exact) mass is 329 g/mol. The van der Waals surface area contributed by atoms with E-state index in [2.05, 4.69) is 20.8 Å². The molecule has 1 heterocycles. The van der Waals surface area contributed by atoms with Crippen LogP contribution in [0.5, 0.6) is 0 Å². The van der Waals surface area contributed by atoms with E-state index in [1.54, 1.807) is 0 Å². The Bertz CT molecular complexity index is 406. The molecule has 0 aliphatic carbocycles. The van der Waals surface area contributed by atoms with Crippen molar-refractivity contribution in [3.05, 3.63) is 28.2 Å². The number of nitrogens with zero attached hydrogens (tertiary/aromatic N) is 1. The summed E-state index contributed by atoms with van der Waals surface area (Å²) >= 11 is 3.43. The highest BCUT2D eigenvalue weighted by atomic mass is 79.9. The van der Waals surface area contributed by atoms with E-state index in [4.69, 9.17) is 9.84 Å². The Kier molecular flexibility index (Phi) is 5.63. The molecule has 0 amide bonds. The third-order valence-electron chi connectivity index (χ3n) is 3.44. The lowest BCUT2D eigenvalue weighted by Crippen LogP contribution is -2.37. The summed E-state index contributed by atoms with van der Waals surface area (Å²) in [6, 6.07) is 6.01. The van der Waals surface area contributed by atoms with Crippen molar-refractivity contribution in [1.82, 2.24) is 0 Å². The smallest absolute Gasteiger partial charge is 0.0702 e. The SMILES string of the molecule is OCCOC1CCN(c2ccc(Br)cc2CO)CC1. The van der Waals surface area contributed by atoms with Gasteiger partial charge in [-0.2, -0.15) is 0 Å². The zero-order valence-corrected chi connectivity index (χ0v) is 12.5. The standard InChI is InChI=1S/C14H20BrNO3/c15-12-1-2-14(11(9-12)10-18)16-5-3-13(4-6-16)19-8-7-17/h1-2,9,13,17-18H,3-8,10H2. The molecule has 5 heteroatoms. The first-order valence-corrected chi connectivity index (χ1v) is 7.40. The highest BCUT2D eigenvalue weighted by Gasteiger charge is 2.21. The van der Waals surface area contributed by atoms with Gasteiger partial charge in [0.2, 0.25) is 0 Å². The van der Waals surface area contributed by atoms with E-state index >= 15 is 0 Å². The Morgan fingerprint density at radius 2 is 2.00 bits per heavy atom. The molecule has 1 aromatic rings. The third kappa shape index (κ3) is 3.92. The summed E-state index contributed by atoms with van der Waals surface area (Å²) < 4.78 is 6.55. The molecule has 0 saturated carbocycles. The summed E-state index contributed by atoms with van der Waals surface area (Å²) in [7, 11) is 0. The van der Waals surface area contributed by atoms with E-state index in [9.17, 15) is 5.11 Å². The summed E-state index contributed by atoms with van der Waals surface area (Å²) in [5, 5.41) is 18.2. The Morgan fingerprint density at radius 1 is 1.26 bits per heavy atom. The largest absolute Gasteiger partial charge is 0.394 e. The zero-order valence-electron chi connectivity index (χ0n) is 10.9. The second kappa shape index (κ2) is 7.24. The minimum absolute atomic E-state index is 0.0513. The van der Waals surface area contributed by atoms with Crippen LogP contribution in [0.4, 0.5) is 5.69 Å². The molecule has 19 heavy (non-hydrogen) atoms. The zero-order chi connectivity index (χ0) is 13.7. The number of hydrogen-bond acceptors (Lipinski definition) is 4. The van der Waals surface area contributed by atoms with Crippen LogP contribution in [-0.2, 0) is 11.3 Å². The Labute approximate surface area is 122 Å². The molecule has 2 rings (SSSR count). The van der Waals surface area contributed by atoms with Crippen molar-refractivity contribution < 1.29 is 14.9 Å². The molecule has 1 aliphatic rings. The Balaban J connectivity index is 1.97. The van der Waals surface area contributed by atoms with Crippen LogP contribution in [0.15, 0.2) is 22.7 Å². The van der Waals surface area contributed by atoms with E-state index in [1.807, 2.05) is 18.2 Å². The van der Waals surface area contributed by atoms with E-state index in [1.165, 1.54) is 0 Å². The van der Waals surface area contributed by atoms with Gasteiger partial charge in [-0.25, -0.2) is 0 Å². The van der Waals surface area contributed by atoms with Crippen LogP contribution in [0.1, 0.15) is 18.4 Å². The number of hydrogen-bond donors (Lipinski definition) is 2. The van der Waals surface area contributed by atoms with Crippen LogP contribution in [0.25, 0.3) is 0 Å². The summed E-state index contributed by atoms with van der Waals surface area (Å²) in [5.74, 6) is 0. The fraction of sp³-hybridized carbons (Fsp3) is 0.571. The predicted octanol–water partition coefficient (Wildman–Crippen LogP) is 1.92. The minimum atomic E-state index is 0.0513. The van der Waals surface area contributed by atoms with Gasteiger partial charge in [0, 0.05) is 28.8 Å². The molecule has 4 nitrogen and oxygen atoms in total. The van der Waals surface area contributed by atoms with Gasteiger partial charge in [-0.1, -0.05) is 15.9 Å². The molecule has 0 spiro atoms. The molecule has 1 aliphatic heterocycles. The average Bonchev–Trinajstić information content (AvgIpc) is 2.45. The lowest BCUT2D eigenvalue weighted by atomic mass is 10.1. The number of anilines is 1. The maximum atomic E-state index is 9.44. The van der Waals surface area contributed by atoms with Gasteiger partial charge in [0.25, 0.3) is 0 Å². The van der Waals surface area contributed by atoms with Crippen LogP contribution in [-0.4, -0.2) is 42.6 Å². The summed E-state index contributed by atoms with van der Waals surface area (Å²) in [4.78, 5) is 2.29. The number of rotatable bonds is 5. The molecule has 1 aromatic carbocycles. The first-order chi connectivity index (χ1) is 9.24. The molecule has 0 bridgehead atoms. The van der Waals surface area contributed by atoms with Gasteiger partial charge in [0.15, 0.2) is 0 Å². The molecule has 2 N–H and O–H groups in total. The van der Waals surface area contributed by atoms with Crippen LogP contribution in [0, 0.1) is 0 Å². The van der Waals surface area contributed by atoms with Gasteiger partial charge in [-0.3, -0.25) is 0 Å². The molecule has 106 valence electrons. The van der Waals surface area contributed by atoms with Crippen LogP contribution >= 0.6 is 15.9 Å². The second-order valence-corrected chi connectivity index (χ2v) is 5.63. The van der Waals surface area contributed by atoms with Crippen LogP contribution in [0.2, 0.25) is 0 Å². The highest BCUT2D eigenvalue weighted by molar-refractivity contribution is 9.10. The molecule has 0 radical (unpaired) electrons. The highest BCUT2D eigenvalue weighted by Crippen LogP contribution is 2.27. The topological polar surface area (TPSA) is 52.9 Å². The first-order valence-electron chi connectivity index (χ1n) is 6.61. The maximum absolute atomic E-state index is 9.44. The van der Waals surface area contributed by atoms with E-state index in [0.717, 1.165) is 41.7 Å². The minimum Gasteiger partial charge on any atom is -0.394 e. The Hall–Kier alpha value is -0.620. The molecule has 0 aromatic heterocycles. The van der Waals surface area contributed by atoms with Gasteiger partial charge in [-0.15, -0.1) is 0 Å². The maximum Gasteiger partial charge on any atom is 0.0702 e. The molecule has 0 atom stereocenters. The molecule has 0 unspecified atom stereocenters. The van der Waals surface area contributed by atoms with Gasteiger partial charge in [0.05, 0.1) is 25.9 Å². The third-order valence-corrected chi connectivity index (χ3v) is 3.93. The van der Waals surface area contributed by atoms with Crippen molar-refractivity contribution in [3.8, 4) is 0 Å². The van der Waals surface area contributed by atoms with Gasteiger partial charge < -0.3 is 19.8 Å². The fourth-order valence-electron chi connectivity index (χ4n) is 2.47. The van der Waals surface area contributed by atoms with Crippen molar-refractivity contribution in [2.24, 2.45) is 0 Å². The van der Waals surface area contributed by atoms with Crippen LogP contribution < -0.4 is 4.90 Å². The second-order valence-electron chi connectivity index (χ2n) is 4.71. The van der Waals surface area contributed by atoms with E-state index in [0.29, 0.717) is 6.61 Å². The molecular weight excluding hydrogens is 310 g/mol.